The molecule has 0 amide bonds. The maximum absolute atomic E-state index is 2.54. The number of anilines is 3. The van der Waals surface area contributed by atoms with Crippen LogP contribution in [0.1, 0.15) is 43.4 Å². The highest BCUT2D eigenvalue weighted by atomic mass is 15.1. The van der Waals surface area contributed by atoms with Crippen LogP contribution in [-0.4, -0.2) is 0 Å². The van der Waals surface area contributed by atoms with Crippen molar-refractivity contribution in [1.82, 2.24) is 0 Å². The summed E-state index contributed by atoms with van der Waals surface area (Å²) in [6, 6.07) is 67.2. The van der Waals surface area contributed by atoms with Crippen molar-refractivity contribution in [3.05, 3.63) is 199 Å². The van der Waals surface area contributed by atoms with E-state index in [4.69, 9.17) is 0 Å². The van der Waals surface area contributed by atoms with Crippen molar-refractivity contribution in [2.45, 2.75) is 39.0 Å². The topological polar surface area (TPSA) is 3.24 Å². The summed E-state index contributed by atoms with van der Waals surface area (Å²) in [6.07, 6.45) is 2.08. The van der Waals surface area contributed by atoms with Crippen LogP contribution < -0.4 is 4.90 Å². The van der Waals surface area contributed by atoms with Gasteiger partial charge in [0.05, 0.1) is 5.69 Å². The van der Waals surface area contributed by atoms with Gasteiger partial charge in [-0.2, -0.15) is 0 Å². The van der Waals surface area contributed by atoms with Crippen molar-refractivity contribution >= 4 is 27.8 Å². The molecule has 1 aliphatic rings. The number of hydrogen-bond acceptors (Lipinski definition) is 1. The summed E-state index contributed by atoms with van der Waals surface area (Å²) < 4.78 is 0. The molecule has 0 aliphatic heterocycles. The Morgan fingerprint density at radius 2 is 1.02 bits per heavy atom. The molecule has 0 bridgehead atoms. The molecule has 0 saturated carbocycles. The first-order valence-corrected chi connectivity index (χ1v) is 19.0. The fourth-order valence-corrected chi connectivity index (χ4v) is 8.91. The number of fused-ring (bicyclic) bond motifs is 4. The van der Waals surface area contributed by atoms with E-state index in [1.165, 1.54) is 77.7 Å². The van der Waals surface area contributed by atoms with Crippen LogP contribution in [0.4, 0.5) is 17.1 Å². The molecule has 0 saturated heterocycles. The normalized spacial score (nSPS) is 12.7. The van der Waals surface area contributed by atoms with Crippen molar-refractivity contribution in [1.29, 1.82) is 0 Å². The van der Waals surface area contributed by atoms with Crippen LogP contribution in [0.15, 0.2) is 182 Å². The highest BCUT2D eigenvalue weighted by molar-refractivity contribution is 6.11. The molecule has 0 atom stereocenters. The second kappa shape index (κ2) is 13.4. The average molecular weight is 682 g/mol. The zero-order valence-electron chi connectivity index (χ0n) is 30.7. The van der Waals surface area contributed by atoms with Crippen LogP contribution in [0.3, 0.4) is 0 Å². The number of benzene rings is 8. The van der Waals surface area contributed by atoms with Crippen molar-refractivity contribution in [3.63, 3.8) is 0 Å². The average Bonchev–Trinajstić information content (AvgIpc) is 3.51. The Labute approximate surface area is 313 Å². The second-order valence-corrected chi connectivity index (χ2v) is 14.4. The molecule has 0 fully saturated rings. The highest BCUT2D eigenvalue weighted by Gasteiger charge is 2.43. The number of hydrogen-bond donors (Lipinski definition) is 0. The van der Waals surface area contributed by atoms with E-state index in [-0.39, 0.29) is 5.41 Å². The molecule has 9 rings (SSSR count). The molecular formula is C52H43N. The molecule has 8 aromatic carbocycles. The lowest BCUT2D eigenvalue weighted by atomic mass is 9.73. The second-order valence-electron chi connectivity index (χ2n) is 14.4. The van der Waals surface area contributed by atoms with E-state index in [2.05, 4.69) is 208 Å². The maximum atomic E-state index is 2.54. The van der Waals surface area contributed by atoms with Gasteiger partial charge in [0.2, 0.25) is 0 Å². The van der Waals surface area contributed by atoms with Crippen LogP contribution in [0, 0.1) is 6.92 Å². The van der Waals surface area contributed by atoms with E-state index in [1.54, 1.807) is 0 Å². The first-order valence-electron chi connectivity index (χ1n) is 19.0. The Bertz CT molecular complexity index is 2580. The first-order chi connectivity index (χ1) is 26.1. The minimum absolute atomic E-state index is 0.0593. The predicted molar refractivity (Wildman–Crippen MR) is 226 cm³/mol. The van der Waals surface area contributed by atoms with Crippen LogP contribution in [0.5, 0.6) is 0 Å². The number of nitrogens with zero attached hydrogens (tertiary/aromatic N) is 1. The summed E-state index contributed by atoms with van der Waals surface area (Å²) in [5, 5.41) is 2.52. The van der Waals surface area contributed by atoms with Gasteiger partial charge in [-0.15, -0.1) is 0 Å². The predicted octanol–water partition coefficient (Wildman–Crippen LogP) is 14.7. The monoisotopic (exact) mass is 681 g/mol. The van der Waals surface area contributed by atoms with E-state index in [0.29, 0.717) is 0 Å². The van der Waals surface area contributed by atoms with Gasteiger partial charge in [0.25, 0.3) is 0 Å². The molecule has 0 heterocycles. The quantitative estimate of drug-likeness (QED) is 0.154. The Morgan fingerprint density at radius 1 is 0.434 bits per heavy atom. The molecule has 0 radical (unpaired) electrons. The van der Waals surface area contributed by atoms with E-state index < -0.39 is 0 Å². The van der Waals surface area contributed by atoms with Crippen LogP contribution >= 0.6 is 0 Å². The van der Waals surface area contributed by atoms with Crippen molar-refractivity contribution < 1.29 is 0 Å². The molecule has 8 aromatic rings. The Balaban J connectivity index is 1.33. The third-order valence-electron chi connectivity index (χ3n) is 11.6. The Hall–Kier alpha value is -6.18. The van der Waals surface area contributed by atoms with Crippen LogP contribution in [0.2, 0.25) is 0 Å². The minimum atomic E-state index is -0.0593. The summed E-state index contributed by atoms with van der Waals surface area (Å²) in [5.74, 6) is 0. The fourth-order valence-electron chi connectivity index (χ4n) is 8.91. The first kappa shape index (κ1) is 32.7. The van der Waals surface area contributed by atoms with E-state index in [0.717, 1.165) is 24.2 Å². The zero-order valence-corrected chi connectivity index (χ0v) is 30.7. The van der Waals surface area contributed by atoms with Crippen LogP contribution in [0.25, 0.3) is 55.3 Å². The molecule has 1 nitrogen and oxygen atoms in total. The smallest absolute Gasteiger partial charge is 0.0621 e. The third-order valence-corrected chi connectivity index (χ3v) is 11.6. The summed E-state index contributed by atoms with van der Waals surface area (Å²) in [6.45, 7) is 6.92. The van der Waals surface area contributed by atoms with Gasteiger partial charge in [-0.3, -0.25) is 0 Å². The van der Waals surface area contributed by atoms with E-state index in [9.17, 15) is 0 Å². The van der Waals surface area contributed by atoms with Crippen molar-refractivity contribution in [2.75, 3.05) is 4.90 Å². The van der Waals surface area contributed by atoms with Crippen LogP contribution in [-0.2, 0) is 5.41 Å². The van der Waals surface area contributed by atoms with Gasteiger partial charge >= 0.3 is 0 Å². The summed E-state index contributed by atoms with van der Waals surface area (Å²) in [4.78, 5) is 2.54. The lowest BCUT2D eigenvalue weighted by molar-refractivity contribution is 0.491. The molecular weight excluding hydrogens is 639 g/mol. The molecule has 256 valence electrons. The molecule has 1 aliphatic carbocycles. The van der Waals surface area contributed by atoms with Gasteiger partial charge in [0.1, 0.15) is 0 Å². The van der Waals surface area contributed by atoms with Gasteiger partial charge in [-0.25, -0.2) is 0 Å². The largest absolute Gasteiger partial charge is 0.309 e. The maximum Gasteiger partial charge on any atom is 0.0621 e. The standard InChI is InChI=1S/C52H43N/c1-4-52(5-2)48-26-15-14-25-46(48)50-49(52)35-41-28-27-40(37-18-8-6-9-19-37)34-47(41)51(50)53(43-22-16-17-36(3)33-43)42-31-29-39(30-32-42)45-24-13-12-23-44(45)38-20-10-7-11-21-38/h6-35H,4-5H2,1-3H3. The molecule has 53 heavy (non-hydrogen) atoms. The summed E-state index contributed by atoms with van der Waals surface area (Å²) in [7, 11) is 0. The summed E-state index contributed by atoms with van der Waals surface area (Å²) in [5.41, 5.74) is 17.6. The van der Waals surface area contributed by atoms with Gasteiger partial charge in [0, 0.05) is 27.7 Å². The highest BCUT2D eigenvalue weighted by Crippen LogP contribution is 2.59. The zero-order chi connectivity index (χ0) is 35.9. The minimum Gasteiger partial charge on any atom is -0.309 e. The fraction of sp³-hybridized carbons (Fsp3) is 0.115. The molecule has 0 unspecified atom stereocenters. The van der Waals surface area contributed by atoms with E-state index >= 15 is 0 Å². The Morgan fingerprint density at radius 3 is 1.68 bits per heavy atom. The Kier molecular flexibility index (Phi) is 8.28. The van der Waals surface area contributed by atoms with Gasteiger partial charge < -0.3 is 4.90 Å². The molecule has 0 N–H and O–H groups in total. The summed E-state index contributed by atoms with van der Waals surface area (Å²) >= 11 is 0. The van der Waals surface area contributed by atoms with Gasteiger partial charge in [-0.05, 0) is 117 Å². The van der Waals surface area contributed by atoms with Crippen molar-refractivity contribution in [3.8, 4) is 44.5 Å². The van der Waals surface area contributed by atoms with Gasteiger partial charge in [0.15, 0.2) is 0 Å². The molecule has 1 heteroatoms. The van der Waals surface area contributed by atoms with Crippen molar-refractivity contribution in [2.24, 2.45) is 0 Å². The number of aryl methyl sites for hydroxylation is 1. The lowest BCUT2D eigenvalue weighted by Gasteiger charge is -2.33. The molecule has 0 aromatic heterocycles. The number of rotatable bonds is 8. The van der Waals surface area contributed by atoms with Gasteiger partial charge in [-0.1, -0.05) is 159 Å². The molecule has 0 spiro atoms. The lowest BCUT2D eigenvalue weighted by Crippen LogP contribution is -2.23. The van der Waals surface area contributed by atoms with E-state index in [1.807, 2.05) is 0 Å². The SMILES string of the molecule is CCC1(CC)c2ccccc2-c2c1cc1ccc(-c3ccccc3)cc1c2N(c1ccc(-c2ccccc2-c2ccccc2)cc1)c1cccc(C)c1. The third kappa shape index (κ3) is 5.47.